The van der Waals surface area contributed by atoms with Gasteiger partial charge in [-0.3, -0.25) is 9.69 Å². The molecular formula is C26H26N2O. The van der Waals surface area contributed by atoms with Crippen molar-refractivity contribution in [3.05, 3.63) is 106 Å². The van der Waals surface area contributed by atoms with Crippen LogP contribution in [0, 0.1) is 27.7 Å². The van der Waals surface area contributed by atoms with Gasteiger partial charge < -0.3 is 5.32 Å². The first-order chi connectivity index (χ1) is 13.9. The number of hydrogen-bond acceptors (Lipinski definition) is 2. The smallest absolute Gasteiger partial charge is 0.275 e. The number of benzene rings is 3. The molecule has 0 saturated heterocycles. The van der Waals surface area contributed by atoms with Crippen LogP contribution >= 0.6 is 0 Å². The van der Waals surface area contributed by atoms with Gasteiger partial charge in [-0.05, 0) is 85.9 Å². The SMILES string of the molecule is Cc1cc(C)cc(NC2=C[C@@H](c3ccccc3)N(c3cc(C)cc(C)c3)C2=O)c1. The van der Waals surface area contributed by atoms with E-state index in [1.807, 2.05) is 29.2 Å². The number of rotatable bonds is 4. The van der Waals surface area contributed by atoms with Gasteiger partial charge in [-0.25, -0.2) is 0 Å². The highest BCUT2D eigenvalue weighted by Gasteiger charge is 2.34. The van der Waals surface area contributed by atoms with Crippen molar-refractivity contribution in [1.82, 2.24) is 0 Å². The van der Waals surface area contributed by atoms with Crippen molar-refractivity contribution >= 4 is 17.3 Å². The van der Waals surface area contributed by atoms with Gasteiger partial charge in [0.25, 0.3) is 5.91 Å². The van der Waals surface area contributed by atoms with Gasteiger partial charge in [0.15, 0.2) is 0 Å². The van der Waals surface area contributed by atoms with Crippen molar-refractivity contribution in [1.29, 1.82) is 0 Å². The van der Waals surface area contributed by atoms with Crippen LogP contribution in [0.25, 0.3) is 0 Å². The highest BCUT2D eigenvalue weighted by molar-refractivity contribution is 6.11. The van der Waals surface area contributed by atoms with Crippen molar-refractivity contribution in [2.75, 3.05) is 10.2 Å². The number of nitrogens with zero attached hydrogens (tertiary/aromatic N) is 1. The molecule has 0 radical (unpaired) electrons. The maximum atomic E-state index is 13.5. The summed E-state index contributed by atoms with van der Waals surface area (Å²) in [6.07, 6.45) is 2.03. The summed E-state index contributed by atoms with van der Waals surface area (Å²) in [6.45, 7) is 8.27. The average Bonchev–Trinajstić information content (AvgIpc) is 2.97. The fraction of sp³-hybridized carbons (Fsp3) is 0.192. The summed E-state index contributed by atoms with van der Waals surface area (Å²) >= 11 is 0. The van der Waals surface area contributed by atoms with E-state index in [1.165, 1.54) is 11.1 Å². The predicted octanol–water partition coefficient (Wildman–Crippen LogP) is 6.00. The lowest BCUT2D eigenvalue weighted by molar-refractivity contribution is -0.114. The summed E-state index contributed by atoms with van der Waals surface area (Å²) in [5.41, 5.74) is 8.21. The monoisotopic (exact) mass is 382 g/mol. The van der Waals surface area contributed by atoms with E-state index in [9.17, 15) is 4.79 Å². The molecule has 29 heavy (non-hydrogen) atoms. The summed E-state index contributed by atoms with van der Waals surface area (Å²) in [4.78, 5) is 15.4. The molecule has 1 amide bonds. The third kappa shape index (κ3) is 3.95. The van der Waals surface area contributed by atoms with E-state index in [2.05, 4.69) is 81.5 Å². The highest BCUT2D eigenvalue weighted by Crippen LogP contribution is 2.37. The minimum absolute atomic E-state index is 0.0111. The summed E-state index contributed by atoms with van der Waals surface area (Å²) in [6, 6.07) is 22.6. The second kappa shape index (κ2) is 7.59. The van der Waals surface area contributed by atoms with E-state index in [1.54, 1.807) is 0 Å². The molecule has 1 N–H and O–H groups in total. The van der Waals surface area contributed by atoms with Crippen LogP contribution in [0.2, 0.25) is 0 Å². The Kier molecular flexibility index (Phi) is 4.98. The molecule has 0 saturated carbocycles. The molecule has 0 spiro atoms. The first kappa shape index (κ1) is 19.0. The van der Waals surface area contributed by atoms with Crippen molar-refractivity contribution in [3.63, 3.8) is 0 Å². The summed E-state index contributed by atoms with van der Waals surface area (Å²) < 4.78 is 0. The van der Waals surface area contributed by atoms with Crippen molar-refractivity contribution in [3.8, 4) is 0 Å². The number of amides is 1. The van der Waals surface area contributed by atoms with E-state index < -0.39 is 0 Å². The Labute approximate surface area is 172 Å². The van der Waals surface area contributed by atoms with Crippen LogP contribution in [-0.4, -0.2) is 5.91 Å². The molecule has 1 aliphatic rings. The number of nitrogens with one attached hydrogen (secondary N) is 1. The number of carbonyl (C=O) groups is 1. The van der Waals surface area contributed by atoms with Gasteiger partial charge >= 0.3 is 0 Å². The maximum absolute atomic E-state index is 13.5. The topological polar surface area (TPSA) is 32.3 Å². The highest BCUT2D eigenvalue weighted by atomic mass is 16.2. The second-order valence-electron chi connectivity index (χ2n) is 7.96. The van der Waals surface area contributed by atoms with E-state index in [0.717, 1.165) is 28.1 Å². The number of anilines is 2. The number of aryl methyl sites for hydroxylation is 4. The lowest BCUT2D eigenvalue weighted by atomic mass is 10.0. The zero-order valence-corrected chi connectivity index (χ0v) is 17.4. The first-order valence-electron chi connectivity index (χ1n) is 9.95. The molecule has 1 aliphatic heterocycles. The van der Waals surface area contributed by atoms with Crippen LogP contribution in [0.1, 0.15) is 33.9 Å². The van der Waals surface area contributed by atoms with Gasteiger partial charge in [0, 0.05) is 11.4 Å². The fourth-order valence-corrected chi connectivity index (χ4v) is 4.12. The molecule has 0 aliphatic carbocycles. The molecule has 0 bridgehead atoms. The second-order valence-corrected chi connectivity index (χ2v) is 7.96. The van der Waals surface area contributed by atoms with Crippen LogP contribution in [0.15, 0.2) is 78.5 Å². The van der Waals surface area contributed by atoms with E-state index in [0.29, 0.717) is 5.70 Å². The minimum atomic E-state index is -0.140. The summed E-state index contributed by atoms with van der Waals surface area (Å²) in [7, 11) is 0. The Bertz CT molecular complexity index is 1060. The molecule has 3 aromatic rings. The van der Waals surface area contributed by atoms with Gasteiger partial charge in [-0.1, -0.05) is 42.5 Å². The predicted molar refractivity (Wildman–Crippen MR) is 120 cm³/mol. The Morgan fingerprint density at radius 2 is 1.31 bits per heavy atom. The van der Waals surface area contributed by atoms with Gasteiger partial charge in [0.05, 0.1) is 6.04 Å². The molecule has 3 aromatic carbocycles. The van der Waals surface area contributed by atoms with Crippen molar-refractivity contribution in [2.24, 2.45) is 0 Å². The average molecular weight is 383 g/mol. The Balaban J connectivity index is 1.76. The van der Waals surface area contributed by atoms with Crippen LogP contribution < -0.4 is 10.2 Å². The van der Waals surface area contributed by atoms with E-state index in [4.69, 9.17) is 0 Å². The summed E-state index contributed by atoms with van der Waals surface area (Å²) in [5, 5.41) is 3.37. The summed E-state index contributed by atoms with van der Waals surface area (Å²) in [5.74, 6) is -0.0111. The Hall–Kier alpha value is -3.33. The standard InChI is InChI=1S/C26H26N2O/c1-17-10-18(2)13-22(12-17)27-24-16-25(21-8-6-5-7-9-21)28(26(24)29)23-14-19(3)11-20(4)15-23/h5-16,25,27H,1-4H3/t25-/m0/s1. The normalized spacial score (nSPS) is 16.1. The Morgan fingerprint density at radius 3 is 1.90 bits per heavy atom. The van der Waals surface area contributed by atoms with Crippen molar-refractivity contribution in [2.45, 2.75) is 33.7 Å². The van der Waals surface area contributed by atoms with Crippen LogP contribution in [-0.2, 0) is 4.79 Å². The third-order valence-corrected chi connectivity index (χ3v) is 5.18. The lowest BCUT2D eigenvalue weighted by Gasteiger charge is -2.26. The van der Waals surface area contributed by atoms with Gasteiger partial charge in [-0.15, -0.1) is 0 Å². The molecule has 0 unspecified atom stereocenters. The number of carbonyl (C=O) groups excluding carboxylic acids is 1. The molecule has 3 nitrogen and oxygen atoms in total. The van der Waals surface area contributed by atoms with Crippen LogP contribution in [0.5, 0.6) is 0 Å². The number of hydrogen-bond donors (Lipinski definition) is 1. The minimum Gasteiger partial charge on any atom is -0.351 e. The fourth-order valence-electron chi connectivity index (χ4n) is 4.12. The molecule has 0 aromatic heterocycles. The zero-order chi connectivity index (χ0) is 20.5. The van der Waals surface area contributed by atoms with E-state index in [-0.39, 0.29) is 11.9 Å². The molecule has 3 heteroatoms. The van der Waals surface area contributed by atoms with E-state index >= 15 is 0 Å². The largest absolute Gasteiger partial charge is 0.351 e. The molecule has 4 rings (SSSR count). The lowest BCUT2D eigenvalue weighted by Crippen LogP contribution is -2.31. The zero-order valence-electron chi connectivity index (χ0n) is 17.4. The van der Waals surface area contributed by atoms with Crippen LogP contribution in [0.4, 0.5) is 11.4 Å². The van der Waals surface area contributed by atoms with Crippen molar-refractivity contribution < 1.29 is 4.79 Å². The third-order valence-electron chi connectivity index (χ3n) is 5.18. The molecular weight excluding hydrogens is 356 g/mol. The first-order valence-corrected chi connectivity index (χ1v) is 9.95. The van der Waals surface area contributed by atoms with Gasteiger partial charge in [0.2, 0.25) is 0 Å². The van der Waals surface area contributed by atoms with Crippen LogP contribution in [0.3, 0.4) is 0 Å². The molecule has 1 atom stereocenters. The van der Waals surface area contributed by atoms with Gasteiger partial charge in [-0.2, -0.15) is 0 Å². The Morgan fingerprint density at radius 1 is 0.759 bits per heavy atom. The molecule has 146 valence electrons. The quantitative estimate of drug-likeness (QED) is 0.600. The van der Waals surface area contributed by atoms with Gasteiger partial charge in [0.1, 0.15) is 5.70 Å². The maximum Gasteiger partial charge on any atom is 0.275 e. The molecule has 1 heterocycles. The molecule has 0 fully saturated rings.